The molecule has 3 rings (SSSR count). The zero-order valence-electron chi connectivity index (χ0n) is 13.3. The molecule has 1 saturated heterocycles. The summed E-state index contributed by atoms with van der Waals surface area (Å²) in [5.74, 6) is 2.79. The number of ether oxygens (including phenoxy) is 1. The molecule has 0 amide bonds. The SMILES string of the molecule is CN=C(NCc1ccccc1OCC1CC1)N1CCCC1.I. The summed E-state index contributed by atoms with van der Waals surface area (Å²) in [4.78, 5) is 6.72. The quantitative estimate of drug-likeness (QED) is 0.456. The second-order valence-corrected chi connectivity index (χ2v) is 5.96. The number of hydrogen-bond donors (Lipinski definition) is 1. The number of rotatable bonds is 5. The molecule has 0 radical (unpaired) electrons. The van der Waals surface area contributed by atoms with Crippen LogP contribution < -0.4 is 10.1 Å². The molecule has 1 aromatic carbocycles. The smallest absolute Gasteiger partial charge is 0.193 e. The van der Waals surface area contributed by atoms with Gasteiger partial charge in [-0.3, -0.25) is 4.99 Å². The van der Waals surface area contributed by atoms with Crippen molar-refractivity contribution >= 4 is 29.9 Å². The summed E-state index contributed by atoms with van der Waals surface area (Å²) < 4.78 is 5.96. The van der Waals surface area contributed by atoms with Crippen LogP contribution in [0.4, 0.5) is 0 Å². The molecule has 2 aliphatic rings. The number of aliphatic imine (C=N–C) groups is 1. The Morgan fingerprint density at radius 2 is 2.00 bits per heavy atom. The van der Waals surface area contributed by atoms with Gasteiger partial charge in [-0.05, 0) is 37.7 Å². The summed E-state index contributed by atoms with van der Waals surface area (Å²) >= 11 is 0. The van der Waals surface area contributed by atoms with E-state index in [1.54, 1.807) is 0 Å². The molecule has 5 heteroatoms. The standard InChI is InChI=1S/C17H25N3O.HI/c1-18-17(20-10-4-5-11-20)19-12-15-6-2-3-7-16(15)21-13-14-8-9-14;/h2-3,6-7,14H,4-5,8-13H2,1H3,(H,18,19);1H. The molecule has 1 aliphatic heterocycles. The number of para-hydroxylation sites is 1. The normalized spacial score (nSPS) is 18.0. The van der Waals surface area contributed by atoms with E-state index >= 15 is 0 Å². The number of nitrogens with zero attached hydrogens (tertiary/aromatic N) is 2. The van der Waals surface area contributed by atoms with Crippen molar-refractivity contribution in [2.24, 2.45) is 10.9 Å². The van der Waals surface area contributed by atoms with Gasteiger partial charge in [0.15, 0.2) is 5.96 Å². The van der Waals surface area contributed by atoms with Crippen LogP contribution in [-0.2, 0) is 6.54 Å². The molecule has 1 N–H and O–H groups in total. The highest BCUT2D eigenvalue weighted by molar-refractivity contribution is 14.0. The second kappa shape index (κ2) is 8.60. The molecule has 0 atom stereocenters. The summed E-state index contributed by atoms with van der Waals surface area (Å²) in [6, 6.07) is 8.31. The third kappa shape index (κ3) is 4.76. The average molecular weight is 415 g/mol. The van der Waals surface area contributed by atoms with E-state index in [-0.39, 0.29) is 24.0 Å². The van der Waals surface area contributed by atoms with Crippen LogP contribution in [0.25, 0.3) is 0 Å². The fourth-order valence-corrected chi connectivity index (χ4v) is 2.72. The third-order valence-electron chi connectivity index (χ3n) is 4.20. The van der Waals surface area contributed by atoms with Crippen molar-refractivity contribution in [1.29, 1.82) is 0 Å². The highest BCUT2D eigenvalue weighted by Gasteiger charge is 2.22. The Bertz CT molecular complexity index is 496. The van der Waals surface area contributed by atoms with Gasteiger partial charge in [-0.1, -0.05) is 18.2 Å². The zero-order chi connectivity index (χ0) is 14.5. The van der Waals surface area contributed by atoms with Gasteiger partial charge in [0.25, 0.3) is 0 Å². The van der Waals surface area contributed by atoms with Crippen molar-refractivity contribution in [2.75, 3.05) is 26.7 Å². The Morgan fingerprint density at radius 1 is 1.27 bits per heavy atom. The lowest BCUT2D eigenvalue weighted by Crippen LogP contribution is -2.39. The van der Waals surface area contributed by atoms with Gasteiger partial charge in [0, 0.05) is 32.2 Å². The predicted octanol–water partition coefficient (Wildman–Crippen LogP) is 3.26. The topological polar surface area (TPSA) is 36.9 Å². The van der Waals surface area contributed by atoms with Crippen LogP contribution in [0.2, 0.25) is 0 Å². The fraction of sp³-hybridized carbons (Fsp3) is 0.588. The van der Waals surface area contributed by atoms with Crippen LogP contribution in [0.3, 0.4) is 0 Å². The largest absolute Gasteiger partial charge is 0.493 e. The Kier molecular flexibility index (Phi) is 6.79. The van der Waals surface area contributed by atoms with E-state index in [9.17, 15) is 0 Å². The Morgan fingerprint density at radius 3 is 2.68 bits per heavy atom. The van der Waals surface area contributed by atoms with Crippen LogP contribution in [0.1, 0.15) is 31.2 Å². The fourth-order valence-electron chi connectivity index (χ4n) is 2.72. The molecule has 4 nitrogen and oxygen atoms in total. The van der Waals surface area contributed by atoms with Crippen LogP contribution in [0.5, 0.6) is 5.75 Å². The molecule has 0 bridgehead atoms. The van der Waals surface area contributed by atoms with E-state index in [0.717, 1.165) is 43.9 Å². The van der Waals surface area contributed by atoms with Gasteiger partial charge in [-0.2, -0.15) is 0 Å². The lowest BCUT2D eigenvalue weighted by molar-refractivity contribution is 0.296. The molecule has 1 heterocycles. The molecule has 1 saturated carbocycles. The van der Waals surface area contributed by atoms with Crippen LogP contribution in [-0.4, -0.2) is 37.6 Å². The summed E-state index contributed by atoms with van der Waals surface area (Å²) in [5, 5.41) is 3.47. The van der Waals surface area contributed by atoms with E-state index in [1.807, 2.05) is 13.1 Å². The molecule has 122 valence electrons. The van der Waals surface area contributed by atoms with E-state index in [4.69, 9.17) is 4.74 Å². The summed E-state index contributed by atoms with van der Waals surface area (Å²) in [7, 11) is 1.86. The van der Waals surface area contributed by atoms with Gasteiger partial charge in [0.1, 0.15) is 5.75 Å². The summed E-state index contributed by atoms with van der Waals surface area (Å²) in [5.41, 5.74) is 1.21. The second-order valence-electron chi connectivity index (χ2n) is 5.96. The highest BCUT2D eigenvalue weighted by Crippen LogP contribution is 2.30. The first kappa shape index (κ1) is 17.4. The Labute approximate surface area is 150 Å². The minimum absolute atomic E-state index is 0. The van der Waals surface area contributed by atoms with Gasteiger partial charge in [-0.15, -0.1) is 24.0 Å². The molecular formula is C17H26IN3O. The minimum Gasteiger partial charge on any atom is -0.493 e. The molecule has 0 unspecified atom stereocenters. The monoisotopic (exact) mass is 415 g/mol. The van der Waals surface area contributed by atoms with E-state index < -0.39 is 0 Å². The van der Waals surface area contributed by atoms with E-state index in [1.165, 1.54) is 31.2 Å². The number of guanidine groups is 1. The average Bonchev–Trinajstić information content (AvgIpc) is 3.20. The number of likely N-dealkylation sites (tertiary alicyclic amines) is 1. The van der Waals surface area contributed by atoms with Gasteiger partial charge in [-0.25, -0.2) is 0 Å². The maximum Gasteiger partial charge on any atom is 0.193 e. The summed E-state index contributed by atoms with van der Waals surface area (Å²) in [6.45, 7) is 3.85. The molecular weight excluding hydrogens is 389 g/mol. The van der Waals surface area contributed by atoms with Crippen molar-refractivity contribution < 1.29 is 4.74 Å². The summed E-state index contributed by atoms with van der Waals surface area (Å²) in [6.07, 6.45) is 5.17. The first-order valence-corrected chi connectivity index (χ1v) is 8.03. The zero-order valence-corrected chi connectivity index (χ0v) is 15.6. The molecule has 1 aliphatic carbocycles. The van der Waals surface area contributed by atoms with E-state index in [0.29, 0.717) is 0 Å². The Hall–Kier alpha value is -0.980. The number of hydrogen-bond acceptors (Lipinski definition) is 2. The number of halogens is 1. The van der Waals surface area contributed by atoms with Gasteiger partial charge >= 0.3 is 0 Å². The third-order valence-corrected chi connectivity index (χ3v) is 4.20. The Balaban J connectivity index is 0.00000176. The van der Waals surface area contributed by atoms with Crippen LogP contribution >= 0.6 is 24.0 Å². The van der Waals surface area contributed by atoms with Crippen LogP contribution in [0.15, 0.2) is 29.3 Å². The van der Waals surface area contributed by atoms with Crippen molar-refractivity contribution in [2.45, 2.75) is 32.2 Å². The highest BCUT2D eigenvalue weighted by atomic mass is 127. The van der Waals surface area contributed by atoms with Gasteiger partial charge < -0.3 is 15.0 Å². The number of nitrogens with one attached hydrogen (secondary N) is 1. The van der Waals surface area contributed by atoms with Crippen molar-refractivity contribution in [3.63, 3.8) is 0 Å². The molecule has 1 aromatic rings. The van der Waals surface area contributed by atoms with Crippen molar-refractivity contribution in [1.82, 2.24) is 10.2 Å². The maximum absolute atomic E-state index is 5.96. The van der Waals surface area contributed by atoms with Crippen molar-refractivity contribution in [3.8, 4) is 5.75 Å². The molecule has 22 heavy (non-hydrogen) atoms. The lowest BCUT2D eigenvalue weighted by atomic mass is 10.2. The van der Waals surface area contributed by atoms with Crippen molar-refractivity contribution in [3.05, 3.63) is 29.8 Å². The van der Waals surface area contributed by atoms with Crippen LogP contribution in [0, 0.1) is 5.92 Å². The maximum atomic E-state index is 5.96. The molecule has 0 spiro atoms. The van der Waals surface area contributed by atoms with Gasteiger partial charge in [0.05, 0.1) is 6.61 Å². The lowest BCUT2D eigenvalue weighted by Gasteiger charge is -2.21. The molecule has 2 fully saturated rings. The molecule has 0 aromatic heterocycles. The first-order valence-electron chi connectivity index (χ1n) is 8.03. The van der Waals surface area contributed by atoms with Gasteiger partial charge in [0.2, 0.25) is 0 Å². The van der Waals surface area contributed by atoms with E-state index in [2.05, 4.69) is 33.4 Å². The minimum atomic E-state index is 0. The predicted molar refractivity (Wildman–Crippen MR) is 101 cm³/mol. The number of benzene rings is 1. The first-order chi connectivity index (χ1) is 10.4.